The first-order valence-corrected chi connectivity index (χ1v) is 13.6. The molecule has 2 heterocycles. The Morgan fingerprint density at radius 3 is 1.65 bits per heavy atom. The summed E-state index contributed by atoms with van der Waals surface area (Å²) >= 11 is 0. The highest BCUT2D eigenvalue weighted by Crippen LogP contribution is 2.48. The summed E-state index contributed by atoms with van der Waals surface area (Å²) in [5.41, 5.74) is 7.98. The third kappa shape index (κ3) is 3.43. The van der Waals surface area contributed by atoms with Crippen LogP contribution >= 0.6 is 0 Å². The molecule has 0 spiro atoms. The van der Waals surface area contributed by atoms with Gasteiger partial charge in [0, 0.05) is 38.4 Å². The minimum absolute atomic E-state index is 0.897. The van der Waals surface area contributed by atoms with E-state index >= 15 is 0 Å². The minimum Gasteiger partial charge on any atom is -0.455 e. The molecule has 2 aromatic heterocycles. The van der Waals surface area contributed by atoms with Crippen molar-refractivity contribution in [2.24, 2.45) is 0 Å². The number of fused-ring (bicyclic) bond motifs is 4. The molecule has 0 unspecified atom stereocenters. The third-order valence-corrected chi connectivity index (χ3v) is 7.82. The van der Waals surface area contributed by atoms with Gasteiger partial charge in [-0.3, -0.25) is 0 Å². The van der Waals surface area contributed by atoms with Crippen molar-refractivity contribution >= 4 is 32.6 Å². The van der Waals surface area contributed by atoms with Crippen molar-refractivity contribution in [3.63, 3.8) is 0 Å². The molecule has 0 aliphatic heterocycles. The van der Waals surface area contributed by atoms with Gasteiger partial charge in [0.25, 0.3) is 0 Å². The van der Waals surface area contributed by atoms with Gasteiger partial charge in [-0.2, -0.15) is 0 Å². The van der Waals surface area contributed by atoms with Gasteiger partial charge in [0.15, 0.2) is 0 Å². The van der Waals surface area contributed by atoms with Crippen LogP contribution in [-0.2, 0) is 0 Å². The number of benzene rings is 6. The van der Waals surface area contributed by atoms with Gasteiger partial charge in [0.2, 0.25) is 0 Å². The van der Waals surface area contributed by atoms with E-state index < -0.39 is 0 Å². The predicted octanol–water partition coefficient (Wildman–Crippen LogP) is 10.5. The second-order valence-electron chi connectivity index (χ2n) is 10.1. The van der Waals surface area contributed by atoms with Gasteiger partial charge in [-0.15, -0.1) is 0 Å². The molecular formula is C38H25NO. The molecule has 0 saturated heterocycles. The smallest absolute Gasteiger partial charge is 0.143 e. The summed E-state index contributed by atoms with van der Waals surface area (Å²) in [6.07, 6.45) is 0. The highest BCUT2D eigenvalue weighted by Gasteiger charge is 2.24. The van der Waals surface area contributed by atoms with E-state index in [1.165, 1.54) is 16.3 Å². The number of hydrogen-bond acceptors (Lipinski definition) is 1. The van der Waals surface area contributed by atoms with E-state index in [0.717, 1.165) is 55.8 Å². The van der Waals surface area contributed by atoms with E-state index in [-0.39, 0.29) is 0 Å². The average Bonchev–Trinajstić information content (AvgIpc) is 3.58. The van der Waals surface area contributed by atoms with Crippen molar-refractivity contribution in [3.05, 3.63) is 152 Å². The van der Waals surface area contributed by atoms with Gasteiger partial charge in [-0.25, -0.2) is 0 Å². The van der Waals surface area contributed by atoms with E-state index in [0.29, 0.717) is 0 Å². The standard InChI is InChI=1S/C38H25NO/c1-4-14-26(15-5-1)29-24-25-34-35(32-22-12-13-23-33(32)39(34)28-18-8-3-9-19-28)36(29)38-31-21-11-10-20-30(31)37(40-38)27-16-6-2-7-17-27/h1-25H. The molecule has 2 heteroatoms. The van der Waals surface area contributed by atoms with Crippen LogP contribution in [0.5, 0.6) is 0 Å². The zero-order valence-electron chi connectivity index (χ0n) is 21.8. The lowest BCUT2D eigenvalue weighted by Crippen LogP contribution is -1.93. The fourth-order valence-corrected chi connectivity index (χ4v) is 6.09. The predicted molar refractivity (Wildman–Crippen MR) is 167 cm³/mol. The Balaban J connectivity index is 1.56. The molecule has 40 heavy (non-hydrogen) atoms. The van der Waals surface area contributed by atoms with Crippen LogP contribution in [0, 0.1) is 0 Å². The van der Waals surface area contributed by atoms with E-state index in [2.05, 4.69) is 150 Å². The summed E-state index contributed by atoms with van der Waals surface area (Å²) in [5.74, 6) is 1.80. The fourth-order valence-electron chi connectivity index (χ4n) is 6.09. The van der Waals surface area contributed by atoms with E-state index in [1.54, 1.807) is 0 Å². The van der Waals surface area contributed by atoms with E-state index in [4.69, 9.17) is 4.42 Å². The van der Waals surface area contributed by atoms with Crippen molar-refractivity contribution < 1.29 is 4.42 Å². The molecule has 2 nitrogen and oxygen atoms in total. The van der Waals surface area contributed by atoms with Gasteiger partial charge < -0.3 is 8.98 Å². The fraction of sp³-hybridized carbons (Fsp3) is 0. The normalized spacial score (nSPS) is 11.5. The molecule has 0 bridgehead atoms. The van der Waals surface area contributed by atoms with Crippen LogP contribution < -0.4 is 0 Å². The van der Waals surface area contributed by atoms with Gasteiger partial charge in [0.1, 0.15) is 11.5 Å². The van der Waals surface area contributed by atoms with Crippen LogP contribution in [-0.4, -0.2) is 4.57 Å². The Bertz CT molecular complexity index is 2140. The highest BCUT2D eigenvalue weighted by molar-refractivity contribution is 6.21. The molecule has 188 valence electrons. The van der Waals surface area contributed by atoms with Gasteiger partial charge in [-0.05, 0) is 35.4 Å². The second-order valence-corrected chi connectivity index (χ2v) is 10.1. The minimum atomic E-state index is 0.897. The van der Waals surface area contributed by atoms with Crippen LogP contribution in [0.1, 0.15) is 0 Å². The molecule has 0 radical (unpaired) electrons. The number of aromatic nitrogens is 1. The van der Waals surface area contributed by atoms with Gasteiger partial charge >= 0.3 is 0 Å². The molecule has 0 amide bonds. The maximum Gasteiger partial charge on any atom is 0.143 e. The number of rotatable bonds is 4. The topological polar surface area (TPSA) is 18.1 Å². The first-order valence-electron chi connectivity index (χ1n) is 13.6. The Hall–Kier alpha value is -5.34. The molecule has 0 N–H and O–H groups in total. The Labute approximate surface area is 232 Å². The van der Waals surface area contributed by atoms with Crippen molar-refractivity contribution in [2.45, 2.75) is 0 Å². The quantitative estimate of drug-likeness (QED) is 0.230. The Kier molecular flexibility index (Phi) is 5.17. The van der Waals surface area contributed by atoms with E-state index in [1.807, 2.05) is 6.07 Å². The number of furan rings is 1. The molecule has 0 aliphatic carbocycles. The molecular weight excluding hydrogens is 486 g/mol. The zero-order valence-corrected chi connectivity index (χ0v) is 21.8. The largest absolute Gasteiger partial charge is 0.455 e. The lowest BCUT2D eigenvalue weighted by Gasteiger charge is -2.13. The van der Waals surface area contributed by atoms with Crippen molar-refractivity contribution in [1.82, 2.24) is 4.57 Å². The van der Waals surface area contributed by atoms with Crippen LogP contribution in [0.2, 0.25) is 0 Å². The zero-order chi connectivity index (χ0) is 26.5. The lowest BCUT2D eigenvalue weighted by atomic mass is 9.92. The van der Waals surface area contributed by atoms with Crippen molar-refractivity contribution in [3.8, 4) is 39.5 Å². The molecule has 8 aromatic rings. The highest BCUT2D eigenvalue weighted by atomic mass is 16.3. The molecule has 0 aliphatic rings. The first-order chi connectivity index (χ1) is 19.9. The van der Waals surface area contributed by atoms with Crippen LogP contribution in [0.15, 0.2) is 156 Å². The molecule has 8 rings (SSSR count). The Morgan fingerprint density at radius 2 is 0.950 bits per heavy atom. The molecule has 0 saturated carbocycles. The average molecular weight is 512 g/mol. The SMILES string of the molecule is c1ccc(-c2ccc3c(c2-c2oc(-c4ccccc4)c4ccccc24)c2ccccc2n3-c2ccccc2)cc1. The maximum atomic E-state index is 6.96. The lowest BCUT2D eigenvalue weighted by molar-refractivity contribution is 0.603. The van der Waals surface area contributed by atoms with Crippen molar-refractivity contribution in [2.75, 3.05) is 0 Å². The summed E-state index contributed by atoms with van der Waals surface area (Å²) in [7, 11) is 0. The molecule has 0 fully saturated rings. The van der Waals surface area contributed by atoms with Crippen LogP contribution in [0.4, 0.5) is 0 Å². The van der Waals surface area contributed by atoms with Crippen LogP contribution in [0.25, 0.3) is 72.0 Å². The number of nitrogens with zero attached hydrogens (tertiary/aromatic N) is 1. The van der Waals surface area contributed by atoms with Crippen molar-refractivity contribution in [1.29, 1.82) is 0 Å². The summed E-state index contributed by atoms with van der Waals surface area (Å²) in [4.78, 5) is 0. The van der Waals surface area contributed by atoms with Gasteiger partial charge in [0.05, 0.1) is 11.0 Å². The molecule has 6 aromatic carbocycles. The monoisotopic (exact) mass is 511 g/mol. The maximum absolute atomic E-state index is 6.96. The summed E-state index contributed by atoms with van der Waals surface area (Å²) in [6, 6.07) is 53.4. The second kappa shape index (κ2) is 9.14. The summed E-state index contributed by atoms with van der Waals surface area (Å²) < 4.78 is 9.33. The first kappa shape index (κ1) is 22.6. The van der Waals surface area contributed by atoms with Gasteiger partial charge in [-0.1, -0.05) is 127 Å². The summed E-state index contributed by atoms with van der Waals surface area (Å²) in [6.45, 7) is 0. The third-order valence-electron chi connectivity index (χ3n) is 7.82. The molecule has 0 atom stereocenters. The summed E-state index contributed by atoms with van der Waals surface area (Å²) in [5, 5.41) is 4.63. The van der Waals surface area contributed by atoms with E-state index in [9.17, 15) is 0 Å². The van der Waals surface area contributed by atoms with Crippen LogP contribution in [0.3, 0.4) is 0 Å². The number of para-hydroxylation sites is 2. The number of hydrogen-bond donors (Lipinski definition) is 0. The Morgan fingerprint density at radius 1 is 0.400 bits per heavy atom.